The third kappa shape index (κ3) is 3.06. The predicted octanol–water partition coefficient (Wildman–Crippen LogP) is 2.75. The fraction of sp³-hybridized carbons (Fsp3) is 0.316. The van der Waals surface area contributed by atoms with Gasteiger partial charge in [0.15, 0.2) is 11.9 Å². The summed E-state index contributed by atoms with van der Waals surface area (Å²) in [6.07, 6.45) is 9.68. The molecule has 0 amide bonds. The van der Waals surface area contributed by atoms with Gasteiger partial charge in [-0.2, -0.15) is 5.10 Å². The highest BCUT2D eigenvalue weighted by Crippen LogP contribution is 2.35. The molecule has 1 saturated carbocycles. The minimum atomic E-state index is -1.21. The summed E-state index contributed by atoms with van der Waals surface area (Å²) in [4.78, 5) is 8.35. The van der Waals surface area contributed by atoms with Gasteiger partial charge in [0, 0.05) is 5.69 Å². The van der Waals surface area contributed by atoms with Gasteiger partial charge in [0.2, 0.25) is 0 Å². The van der Waals surface area contributed by atoms with Crippen LogP contribution in [-0.2, 0) is 0 Å². The lowest BCUT2D eigenvalue weighted by Gasteiger charge is -2.13. The van der Waals surface area contributed by atoms with Gasteiger partial charge in [-0.1, -0.05) is 18.8 Å². The summed E-state index contributed by atoms with van der Waals surface area (Å²) >= 11 is 0. The van der Waals surface area contributed by atoms with E-state index in [1.54, 1.807) is 6.07 Å². The maximum Gasteiger partial charge on any atom is 0.170 e. The van der Waals surface area contributed by atoms with Crippen LogP contribution in [0.4, 0.5) is 15.9 Å². The van der Waals surface area contributed by atoms with Crippen molar-refractivity contribution >= 4 is 22.5 Å². The fourth-order valence-corrected chi connectivity index (χ4v) is 3.57. The Balaban J connectivity index is 1.72. The number of benzene rings is 1. The van der Waals surface area contributed by atoms with E-state index in [2.05, 4.69) is 26.3 Å². The minimum absolute atomic E-state index is 0.156. The number of hydrogen-bond acceptors (Lipinski definition) is 6. The van der Waals surface area contributed by atoms with Crippen molar-refractivity contribution in [3.63, 3.8) is 0 Å². The molecular weight excluding hydrogens is 347 g/mol. The molecular formula is C19H19FN6O. The molecule has 1 fully saturated rings. The summed E-state index contributed by atoms with van der Waals surface area (Å²) in [5, 5.41) is 18.6. The lowest BCUT2D eigenvalue weighted by atomic mass is 10.2. The molecule has 4 rings (SSSR count). The van der Waals surface area contributed by atoms with Crippen molar-refractivity contribution in [1.82, 2.24) is 19.7 Å². The van der Waals surface area contributed by atoms with Gasteiger partial charge in [-0.25, -0.2) is 19.0 Å². The fourth-order valence-electron chi connectivity index (χ4n) is 3.57. The van der Waals surface area contributed by atoms with Crippen LogP contribution in [0, 0.1) is 18.2 Å². The van der Waals surface area contributed by atoms with Crippen molar-refractivity contribution in [3.8, 4) is 12.3 Å². The Kier molecular flexibility index (Phi) is 4.38. The molecule has 8 heteroatoms. The molecule has 1 aliphatic carbocycles. The first-order valence-electron chi connectivity index (χ1n) is 8.78. The van der Waals surface area contributed by atoms with E-state index in [0.29, 0.717) is 22.4 Å². The SMILES string of the molecule is C#Cc1ccc(NC(O)c2nn(C3CCCC3)c3ncnc(N)c23)cc1F. The van der Waals surface area contributed by atoms with E-state index in [4.69, 9.17) is 12.2 Å². The van der Waals surface area contributed by atoms with E-state index >= 15 is 0 Å². The smallest absolute Gasteiger partial charge is 0.170 e. The number of halogens is 1. The molecule has 3 aromatic rings. The zero-order chi connectivity index (χ0) is 19.0. The van der Waals surface area contributed by atoms with Gasteiger partial charge in [-0.05, 0) is 31.0 Å². The van der Waals surface area contributed by atoms with Crippen LogP contribution in [0.1, 0.15) is 49.2 Å². The molecule has 1 aliphatic rings. The Morgan fingerprint density at radius 3 is 2.81 bits per heavy atom. The topological polar surface area (TPSA) is 102 Å². The molecule has 27 heavy (non-hydrogen) atoms. The number of nitrogens with zero attached hydrogens (tertiary/aromatic N) is 4. The number of aliphatic hydroxyl groups is 1. The second-order valence-electron chi connectivity index (χ2n) is 6.61. The number of nitrogen functional groups attached to an aromatic ring is 1. The van der Waals surface area contributed by atoms with Crippen molar-refractivity contribution in [2.75, 3.05) is 11.1 Å². The van der Waals surface area contributed by atoms with Gasteiger partial charge in [-0.3, -0.25) is 0 Å². The van der Waals surface area contributed by atoms with E-state index < -0.39 is 12.0 Å². The summed E-state index contributed by atoms with van der Waals surface area (Å²) in [6.45, 7) is 0. The maximum absolute atomic E-state index is 13.9. The molecule has 4 N–H and O–H groups in total. The highest BCUT2D eigenvalue weighted by molar-refractivity contribution is 5.88. The van der Waals surface area contributed by atoms with Gasteiger partial charge in [0.1, 0.15) is 23.7 Å². The van der Waals surface area contributed by atoms with E-state index in [1.165, 1.54) is 18.5 Å². The highest BCUT2D eigenvalue weighted by Gasteiger charge is 2.26. The van der Waals surface area contributed by atoms with E-state index in [9.17, 15) is 9.50 Å². The van der Waals surface area contributed by atoms with Crippen molar-refractivity contribution in [1.29, 1.82) is 0 Å². The number of aliphatic hydroxyl groups excluding tert-OH is 1. The minimum Gasteiger partial charge on any atom is -0.383 e. The lowest BCUT2D eigenvalue weighted by molar-refractivity contribution is 0.202. The van der Waals surface area contributed by atoms with Crippen LogP contribution in [-0.4, -0.2) is 24.9 Å². The van der Waals surface area contributed by atoms with Gasteiger partial charge >= 0.3 is 0 Å². The van der Waals surface area contributed by atoms with Crippen LogP contribution in [0.15, 0.2) is 24.5 Å². The van der Waals surface area contributed by atoms with E-state index in [-0.39, 0.29) is 17.4 Å². The summed E-state index contributed by atoms with van der Waals surface area (Å²) in [6, 6.07) is 4.51. The zero-order valence-corrected chi connectivity index (χ0v) is 14.6. The van der Waals surface area contributed by atoms with Gasteiger partial charge < -0.3 is 16.2 Å². The van der Waals surface area contributed by atoms with Crippen LogP contribution < -0.4 is 11.1 Å². The normalized spacial score (nSPS) is 15.7. The molecule has 2 heterocycles. The maximum atomic E-state index is 13.9. The van der Waals surface area contributed by atoms with Gasteiger partial charge in [0.25, 0.3) is 0 Å². The molecule has 0 radical (unpaired) electrons. The first kappa shape index (κ1) is 17.2. The number of hydrogen-bond donors (Lipinski definition) is 3. The second-order valence-corrected chi connectivity index (χ2v) is 6.61. The number of fused-ring (bicyclic) bond motifs is 1. The average molecular weight is 366 g/mol. The summed E-state index contributed by atoms with van der Waals surface area (Å²) < 4.78 is 15.7. The van der Waals surface area contributed by atoms with Crippen molar-refractivity contribution in [2.45, 2.75) is 38.0 Å². The molecule has 2 aromatic heterocycles. The standard InChI is InChI=1S/C19H19FN6O/c1-2-11-7-8-12(9-14(11)20)24-19(27)16-15-17(21)22-10-23-18(15)26(25-16)13-5-3-4-6-13/h1,7-10,13,19,24,27H,3-6H2,(H2,21,22,23). The largest absolute Gasteiger partial charge is 0.383 e. The molecule has 0 saturated heterocycles. The Morgan fingerprint density at radius 1 is 1.33 bits per heavy atom. The van der Waals surface area contributed by atoms with Crippen LogP contribution in [0.25, 0.3) is 11.0 Å². The number of nitrogens with two attached hydrogens (primary N) is 1. The van der Waals surface area contributed by atoms with Crippen LogP contribution in [0.2, 0.25) is 0 Å². The quantitative estimate of drug-likeness (QED) is 0.485. The number of nitrogens with one attached hydrogen (secondary N) is 1. The van der Waals surface area contributed by atoms with Crippen molar-refractivity contribution in [3.05, 3.63) is 41.6 Å². The molecule has 0 bridgehead atoms. The van der Waals surface area contributed by atoms with Gasteiger partial charge in [-0.15, -0.1) is 6.42 Å². The summed E-state index contributed by atoms with van der Waals surface area (Å²) in [5.41, 5.74) is 7.48. The first-order chi connectivity index (χ1) is 13.1. The molecule has 7 nitrogen and oxygen atoms in total. The number of rotatable bonds is 4. The molecule has 138 valence electrons. The van der Waals surface area contributed by atoms with Crippen LogP contribution in [0.3, 0.4) is 0 Å². The van der Waals surface area contributed by atoms with Gasteiger partial charge in [0.05, 0.1) is 17.0 Å². The Morgan fingerprint density at radius 2 is 2.11 bits per heavy atom. The predicted molar refractivity (Wildman–Crippen MR) is 100 cm³/mol. The molecule has 1 aromatic carbocycles. The molecule has 0 spiro atoms. The highest BCUT2D eigenvalue weighted by atomic mass is 19.1. The Bertz CT molecular complexity index is 1030. The Hall–Kier alpha value is -3.18. The molecule has 1 atom stereocenters. The van der Waals surface area contributed by atoms with E-state index in [0.717, 1.165) is 25.7 Å². The van der Waals surface area contributed by atoms with Crippen LogP contribution >= 0.6 is 0 Å². The first-order valence-corrected chi connectivity index (χ1v) is 8.78. The zero-order valence-electron chi connectivity index (χ0n) is 14.6. The molecule has 1 unspecified atom stereocenters. The van der Waals surface area contributed by atoms with Crippen molar-refractivity contribution < 1.29 is 9.50 Å². The average Bonchev–Trinajstić information content (AvgIpc) is 3.30. The number of aromatic nitrogens is 4. The lowest BCUT2D eigenvalue weighted by Crippen LogP contribution is -2.13. The number of anilines is 2. The molecule has 0 aliphatic heterocycles. The third-order valence-corrected chi connectivity index (χ3v) is 4.90. The monoisotopic (exact) mass is 366 g/mol. The third-order valence-electron chi connectivity index (χ3n) is 4.90. The van der Waals surface area contributed by atoms with Crippen molar-refractivity contribution in [2.24, 2.45) is 0 Å². The number of terminal acetylenes is 1. The van der Waals surface area contributed by atoms with E-state index in [1.807, 2.05) is 4.68 Å². The Labute approximate surface area is 155 Å². The summed E-state index contributed by atoms with van der Waals surface area (Å²) in [5.74, 6) is 1.96. The second kappa shape index (κ2) is 6.85. The summed E-state index contributed by atoms with van der Waals surface area (Å²) in [7, 11) is 0. The van der Waals surface area contributed by atoms with Crippen LogP contribution in [0.5, 0.6) is 0 Å².